The van der Waals surface area contributed by atoms with Gasteiger partial charge in [0.15, 0.2) is 0 Å². The van der Waals surface area contributed by atoms with Gasteiger partial charge in [0.2, 0.25) is 17.7 Å². The Hall–Kier alpha value is -3.38. The molecule has 0 bridgehead atoms. The zero-order valence-corrected chi connectivity index (χ0v) is 51.3. The van der Waals surface area contributed by atoms with Crippen LogP contribution in [0, 0.1) is 102 Å². The Kier molecular flexibility index (Phi) is 42.2. The van der Waals surface area contributed by atoms with Crippen molar-refractivity contribution in [3.05, 3.63) is 12.3 Å². The Morgan fingerprint density at radius 2 is 0.803 bits per heavy atom. The van der Waals surface area contributed by atoms with E-state index in [1.807, 2.05) is 104 Å². The molecule has 9 nitrogen and oxygen atoms in total. The number of nitrogens with two attached hydrogens (primary N) is 2. The molecular weight excluding hydrogens is 877 g/mol. The number of nitrogens with zero attached hydrogens (tertiary/aromatic N) is 3. The highest BCUT2D eigenvalue weighted by Gasteiger charge is 2.47. The summed E-state index contributed by atoms with van der Waals surface area (Å²) in [6.45, 7) is 51.4. The van der Waals surface area contributed by atoms with Crippen LogP contribution in [0.1, 0.15) is 281 Å². The standard InChI is InChI=1S/C11H17NO.2C8H15NO.2C8H13N.C7H11N.6C2H6/c1-8-3-5-11(6-4-8)7-9(2)12-10(11)13;2*1-3-8(7(9)10)4-6(2)5-8;2*1-3-8(6-9)4-7(2)5-8;1-6-3-7(2,4-6)5-8;6*1-2/h8H,2-7H2,1H3,(H,12,13);2*6H,3-5H2,1-2H3,(H2,9,10);2*7H,3-5H2,1-2H3;6H,3-4H2,1-2H3;6*1-2H3. The molecule has 1 saturated heterocycles. The number of nitriles is 3. The monoisotopic (exact) mass is 997 g/mol. The number of hydrogen-bond acceptors (Lipinski definition) is 6. The lowest BCUT2D eigenvalue weighted by Crippen LogP contribution is -2.46. The maximum Gasteiger partial charge on any atom is 0.230 e. The van der Waals surface area contributed by atoms with Gasteiger partial charge < -0.3 is 16.8 Å². The fourth-order valence-corrected chi connectivity index (χ4v) is 11.5. The van der Waals surface area contributed by atoms with Gasteiger partial charge in [-0.3, -0.25) is 14.4 Å². The minimum Gasteiger partial charge on any atom is -0.369 e. The molecule has 1 aliphatic heterocycles. The highest BCUT2D eigenvalue weighted by molar-refractivity contribution is 5.87. The lowest BCUT2D eigenvalue weighted by Gasteiger charge is -2.43. The Labute approximate surface area is 442 Å². The first kappa shape index (κ1) is 76.5. The molecule has 6 saturated carbocycles. The van der Waals surface area contributed by atoms with Crippen molar-refractivity contribution in [2.45, 2.75) is 281 Å². The van der Waals surface area contributed by atoms with Crippen LogP contribution in [0.2, 0.25) is 0 Å². The summed E-state index contributed by atoms with van der Waals surface area (Å²) in [5.74, 6) is 4.60. The zero-order chi connectivity index (χ0) is 57.0. The number of carbonyl (C=O) groups excluding carboxylic acids is 3. The van der Waals surface area contributed by atoms with Crippen LogP contribution < -0.4 is 16.8 Å². The van der Waals surface area contributed by atoms with Crippen molar-refractivity contribution in [1.29, 1.82) is 15.8 Å². The molecule has 416 valence electrons. The van der Waals surface area contributed by atoms with Crippen LogP contribution in [-0.2, 0) is 14.4 Å². The number of amides is 3. The van der Waals surface area contributed by atoms with Crippen molar-refractivity contribution in [3.8, 4) is 18.2 Å². The van der Waals surface area contributed by atoms with E-state index in [9.17, 15) is 14.4 Å². The molecule has 0 aromatic carbocycles. The molecule has 0 unspecified atom stereocenters. The van der Waals surface area contributed by atoms with Gasteiger partial charge in [-0.05, 0) is 158 Å². The molecular formula is C62H120N6O3. The molecule has 0 aromatic rings. The minimum absolute atomic E-state index is 0.0411. The molecule has 6 aliphatic carbocycles. The normalized spacial score (nSPS) is 34.2. The van der Waals surface area contributed by atoms with E-state index in [0.29, 0.717) is 11.8 Å². The third-order valence-electron chi connectivity index (χ3n) is 15.6. The Morgan fingerprint density at radius 1 is 0.521 bits per heavy atom. The van der Waals surface area contributed by atoms with Crippen LogP contribution in [0.15, 0.2) is 12.3 Å². The Balaban J connectivity index is -0.000000236. The second-order valence-corrected chi connectivity index (χ2v) is 21.4. The van der Waals surface area contributed by atoms with Crippen LogP contribution in [0.25, 0.3) is 0 Å². The fourth-order valence-electron chi connectivity index (χ4n) is 11.5. The number of rotatable bonds is 6. The average molecular weight is 998 g/mol. The van der Waals surface area contributed by atoms with E-state index in [-0.39, 0.29) is 50.2 Å². The Morgan fingerprint density at radius 3 is 0.930 bits per heavy atom. The Bertz CT molecular complexity index is 1470. The number of allylic oxidation sites excluding steroid dienone is 1. The van der Waals surface area contributed by atoms with E-state index in [2.05, 4.69) is 85.5 Å². The summed E-state index contributed by atoms with van der Waals surface area (Å²) < 4.78 is 0. The smallest absolute Gasteiger partial charge is 0.230 e. The summed E-state index contributed by atoms with van der Waals surface area (Å²) in [6, 6.07) is 7.10. The van der Waals surface area contributed by atoms with Gasteiger partial charge in [-0.2, -0.15) is 15.8 Å². The summed E-state index contributed by atoms with van der Waals surface area (Å²) >= 11 is 0. The SMILES string of the molecule is C=C1CC2(CCC(C)CC2)C(=O)N1.CC.CC.CC.CC.CC.CC.CC1CC(C)(C#N)C1.CCC1(C#N)CC(C)C1.CCC1(C#N)CC(C)C1.CCC1(C(N)=O)CC(C)C1.CCC1(C(N)=O)CC(C)C1. The largest absolute Gasteiger partial charge is 0.369 e. The maximum absolute atomic E-state index is 11.7. The van der Waals surface area contributed by atoms with E-state index in [1.165, 1.54) is 12.8 Å². The van der Waals surface area contributed by atoms with Gasteiger partial charge in [0, 0.05) is 22.9 Å². The van der Waals surface area contributed by atoms with Gasteiger partial charge >= 0.3 is 0 Å². The van der Waals surface area contributed by atoms with Crippen LogP contribution in [0.5, 0.6) is 0 Å². The molecule has 0 radical (unpaired) electrons. The van der Waals surface area contributed by atoms with Crippen molar-refractivity contribution in [3.63, 3.8) is 0 Å². The van der Waals surface area contributed by atoms with Crippen molar-refractivity contribution >= 4 is 17.7 Å². The quantitative estimate of drug-likeness (QED) is 0.237. The van der Waals surface area contributed by atoms with E-state index in [0.717, 1.165) is 139 Å². The predicted molar refractivity (Wildman–Crippen MR) is 306 cm³/mol. The summed E-state index contributed by atoms with van der Waals surface area (Å²) in [7, 11) is 0. The van der Waals surface area contributed by atoms with Gasteiger partial charge in [0.05, 0.1) is 39.9 Å². The number of nitrogens with one attached hydrogen (secondary N) is 1. The van der Waals surface area contributed by atoms with Gasteiger partial charge in [-0.25, -0.2) is 0 Å². The molecule has 9 heteroatoms. The van der Waals surface area contributed by atoms with Crippen molar-refractivity contribution in [2.24, 2.45) is 79.5 Å². The summed E-state index contributed by atoms with van der Waals surface area (Å²) in [6.07, 6.45) is 20.0. The molecule has 0 aromatic heterocycles. The first-order valence-electron chi connectivity index (χ1n) is 29.3. The van der Waals surface area contributed by atoms with Gasteiger partial charge in [0.1, 0.15) is 0 Å². The highest BCUT2D eigenvalue weighted by Crippen LogP contribution is 2.50. The lowest BCUT2D eigenvalue weighted by atomic mass is 9.61. The molecule has 7 fully saturated rings. The third kappa shape index (κ3) is 24.5. The van der Waals surface area contributed by atoms with E-state index in [4.69, 9.17) is 27.3 Å². The first-order valence-corrected chi connectivity index (χ1v) is 29.3. The molecule has 1 spiro atoms. The lowest BCUT2D eigenvalue weighted by molar-refractivity contribution is -0.136. The summed E-state index contributed by atoms with van der Waals surface area (Å²) in [4.78, 5) is 33.5. The minimum atomic E-state index is -0.126. The average Bonchev–Trinajstić information content (AvgIpc) is 3.62. The fraction of sp³-hybridized carbons (Fsp3) is 0.871. The summed E-state index contributed by atoms with van der Waals surface area (Å²) in [5, 5.41) is 28.8. The maximum atomic E-state index is 11.7. The molecule has 7 rings (SSSR count). The van der Waals surface area contributed by atoms with E-state index < -0.39 is 0 Å². The van der Waals surface area contributed by atoms with Gasteiger partial charge in [0.25, 0.3) is 0 Å². The zero-order valence-electron chi connectivity index (χ0n) is 51.3. The van der Waals surface area contributed by atoms with Gasteiger partial charge in [-0.1, -0.05) is 159 Å². The molecule has 5 N–H and O–H groups in total. The van der Waals surface area contributed by atoms with Crippen LogP contribution >= 0.6 is 0 Å². The van der Waals surface area contributed by atoms with Crippen molar-refractivity contribution in [2.75, 3.05) is 0 Å². The van der Waals surface area contributed by atoms with Crippen LogP contribution in [-0.4, -0.2) is 17.7 Å². The van der Waals surface area contributed by atoms with Gasteiger partial charge in [-0.15, -0.1) is 0 Å². The molecule has 7 aliphatic rings. The second kappa shape index (κ2) is 39.1. The second-order valence-electron chi connectivity index (χ2n) is 21.4. The number of primary amides is 2. The molecule has 3 amide bonds. The number of hydrogen-bond donors (Lipinski definition) is 3. The predicted octanol–water partition coefficient (Wildman–Crippen LogP) is 17.6. The molecule has 0 atom stereocenters. The summed E-state index contributed by atoms with van der Waals surface area (Å²) in [5.41, 5.74) is 11.3. The molecule has 71 heavy (non-hydrogen) atoms. The van der Waals surface area contributed by atoms with E-state index >= 15 is 0 Å². The van der Waals surface area contributed by atoms with Crippen molar-refractivity contribution < 1.29 is 14.4 Å². The molecule has 1 heterocycles. The first-order chi connectivity index (χ1) is 33.4. The number of carbonyl (C=O) groups is 3. The highest BCUT2D eigenvalue weighted by atomic mass is 16.2. The third-order valence-corrected chi connectivity index (χ3v) is 15.6. The van der Waals surface area contributed by atoms with Crippen LogP contribution in [0.3, 0.4) is 0 Å². The van der Waals surface area contributed by atoms with E-state index in [1.54, 1.807) is 0 Å². The van der Waals surface area contributed by atoms with Crippen LogP contribution in [0.4, 0.5) is 0 Å². The van der Waals surface area contributed by atoms with Crippen molar-refractivity contribution in [1.82, 2.24) is 5.32 Å². The topological polar surface area (TPSA) is 187 Å².